The number of amides is 1. The lowest BCUT2D eigenvalue weighted by molar-refractivity contribution is -0.153. The van der Waals surface area contributed by atoms with Crippen LogP contribution in [0.4, 0.5) is 18.9 Å². The summed E-state index contributed by atoms with van der Waals surface area (Å²) in [6, 6.07) is 12.8. The molecule has 1 fully saturated rings. The Kier molecular flexibility index (Phi) is 6.46. The maximum atomic E-state index is 13.6. The predicted octanol–water partition coefficient (Wildman–Crippen LogP) is 5.10. The van der Waals surface area contributed by atoms with Gasteiger partial charge in [0.2, 0.25) is 0 Å². The standard InChI is InChI=1S/C28H27F3N2O5/c1-27(2,36)15-37-19-11-9-18(10-12-19)32-13-21-22(25(32)34)14-33(17-7-8-17)26(35)24(21)20-5-3-4-6-23(20)38-16-28(29,30)31/h3-6,9-12,14,17,36H,7-8,13,15-16H2,1-2H3. The van der Waals surface area contributed by atoms with Crippen LogP contribution in [0.1, 0.15) is 48.7 Å². The molecule has 7 nitrogen and oxygen atoms in total. The summed E-state index contributed by atoms with van der Waals surface area (Å²) < 4.78 is 50.9. The number of halogens is 3. The summed E-state index contributed by atoms with van der Waals surface area (Å²) in [5.74, 6) is 0.135. The maximum absolute atomic E-state index is 13.6. The zero-order chi connectivity index (χ0) is 27.2. The number of alkyl halides is 3. The van der Waals surface area contributed by atoms with Crippen molar-refractivity contribution >= 4 is 11.6 Å². The van der Waals surface area contributed by atoms with Crippen LogP contribution in [0.3, 0.4) is 0 Å². The summed E-state index contributed by atoms with van der Waals surface area (Å²) in [5.41, 5.74) is 0.376. The molecule has 1 saturated carbocycles. The summed E-state index contributed by atoms with van der Waals surface area (Å²) in [6.07, 6.45) is -1.40. The summed E-state index contributed by atoms with van der Waals surface area (Å²) in [5, 5.41) is 9.87. The van der Waals surface area contributed by atoms with E-state index in [1.54, 1.807) is 56.4 Å². The topological polar surface area (TPSA) is 81.0 Å². The molecule has 38 heavy (non-hydrogen) atoms. The molecular formula is C28H27F3N2O5. The van der Waals surface area contributed by atoms with Crippen LogP contribution in [-0.2, 0) is 6.54 Å². The van der Waals surface area contributed by atoms with Crippen LogP contribution < -0.4 is 19.9 Å². The molecule has 1 amide bonds. The van der Waals surface area contributed by atoms with Crippen molar-refractivity contribution in [3.63, 3.8) is 0 Å². The molecule has 1 aliphatic carbocycles. The van der Waals surface area contributed by atoms with Crippen LogP contribution >= 0.6 is 0 Å². The van der Waals surface area contributed by atoms with Gasteiger partial charge < -0.3 is 24.0 Å². The monoisotopic (exact) mass is 528 g/mol. The average molecular weight is 529 g/mol. The number of pyridine rings is 1. The number of nitrogens with zero attached hydrogens (tertiary/aromatic N) is 2. The lowest BCUT2D eigenvalue weighted by atomic mass is 9.98. The molecule has 2 aliphatic rings. The lowest BCUT2D eigenvalue weighted by Crippen LogP contribution is -2.27. The van der Waals surface area contributed by atoms with Gasteiger partial charge in [-0.15, -0.1) is 0 Å². The largest absolute Gasteiger partial charge is 0.491 e. The number of hydrogen-bond acceptors (Lipinski definition) is 5. The average Bonchev–Trinajstić information content (AvgIpc) is 3.65. The number of aromatic nitrogens is 1. The van der Waals surface area contributed by atoms with Gasteiger partial charge in [-0.2, -0.15) is 13.2 Å². The number of aliphatic hydroxyl groups is 1. The van der Waals surface area contributed by atoms with Crippen molar-refractivity contribution in [3.8, 4) is 22.6 Å². The molecule has 200 valence electrons. The van der Waals surface area contributed by atoms with E-state index >= 15 is 0 Å². The van der Waals surface area contributed by atoms with Gasteiger partial charge >= 0.3 is 6.18 Å². The van der Waals surface area contributed by atoms with E-state index in [0.717, 1.165) is 12.8 Å². The fraction of sp³-hybridized carbons (Fsp3) is 0.357. The Morgan fingerprint density at radius 3 is 2.26 bits per heavy atom. The number of anilines is 1. The van der Waals surface area contributed by atoms with Crippen LogP contribution in [0, 0.1) is 0 Å². The van der Waals surface area contributed by atoms with Gasteiger partial charge in [0.05, 0.1) is 23.3 Å². The predicted molar refractivity (Wildman–Crippen MR) is 135 cm³/mol. The summed E-state index contributed by atoms with van der Waals surface area (Å²) in [4.78, 5) is 28.7. The van der Waals surface area contributed by atoms with E-state index in [0.29, 0.717) is 22.6 Å². The van der Waals surface area contributed by atoms with Crippen LogP contribution in [0.15, 0.2) is 59.5 Å². The summed E-state index contributed by atoms with van der Waals surface area (Å²) in [7, 11) is 0. The molecule has 0 atom stereocenters. The van der Waals surface area contributed by atoms with E-state index in [1.165, 1.54) is 21.6 Å². The number of hydrogen-bond donors (Lipinski definition) is 1. The van der Waals surface area contributed by atoms with E-state index in [2.05, 4.69) is 0 Å². The fourth-order valence-electron chi connectivity index (χ4n) is 4.44. The Hall–Kier alpha value is -3.79. The van der Waals surface area contributed by atoms with Crippen molar-refractivity contribution in [1.29, 1.82) is 0 Å². The number of ether oxygens (including phenoxy) is 2. The zero-order valence-corrected chi connectivity index (χ0v) is 20.9. The minimum Gasteiger partial charge on any atom is -0.491 e. The Labute approximate surface area is 217 Å². The number of rotatable bonds is 8. The first kappa shape index (κ1) is 25.8. The number of carbonyl (C=O) groups is 1. The molecule has 10 heteroatoms. The number of para-hydroxylation sites is 1. The van der Waals surface area contributed by atoms with Crippen molar-refractivity contribution < 1.29 is 32.5 Å². The minimum absolute atomic E-state index is 0.0520. The molecular weight excluding hydrogens is 501 g/mol. The van der Waals surface area contributed by atoms with Gasteiger partial charge in [-0.25, -0.2) is 0 Å². The Morgan fingerprint density at radius 2 is 1.63 bits per heavy atom. The lowest BCUT2D eigenvalue weighted by Gasteiger charge is -2.19. The highest BCUT2D eigenvalue weighted by atomic mass is 19.4. The SMILES string of the molecule is CC(C)(O)COc1ccc(N2Cc3c(cn(C4CC4)c(=O)c3-c3ccccc3OCC(F)(F)F)C2=O)cc1. The van der Waals surface area contributed by atoms with Crippen LogP contribution in [0.5, 0.6) is 11.5 Å². The van der Waals surface area contributed by atoms with Crippen LogP contribution in [0.2, 0.25) is 0 Å². The van der Waals surface area contributed by atoms with Gasteiger partial charge in [0.1, 0.15) is 18.1 Å². The number of fused-ring (bicyclic) bond motifs is 1. The van der Waals surface area contributed by atoms with Crippen molar-refractivity contribution in [1.82, 2.24) is 4.57 Å². The quantitative estimate of drug-likeness (QED) is 0.440. The van der Waals surface area contributed by atoms with Crippen LogP contribution in [-0.4, -0.2) is 40.6 Å². The Balaban J connectivity index is 1.53. The second kappa shape index (κ2) is 9.50. The van der Waals surface area contributed by atoms with E-state index < -0.39 is 18.4 Å². The Bertz CT molecular complexity index is 1420. The third-order valence-corrected chi connectivity index (χ3v) is 6.36. The van der Waals surface area contributed by atoms with E-state index in [4.69, 9.17) is 9.47 Å². The molecule has 2 heterocycles. The molecule has 5 rings (SSSR count). The van der Waals surface area contributed by atoms with Crippen LogP contribution in [0.25, 0.3) is 11.1 Å². The van der Waals surface area contributed by atoms with Gasteiger partial charge in [0.15, 0.2) is 6.61 Å². The molecule has 0 spiro atoms. The first-order chi connectivity index (χ1) is 17.9. The number of carbonyl (C=O) groups excluding carboxylic acids is 1. The third kappa shape index (κ3) is 5.40. The molecule has 0 bridgehead atoms. The molecule has 1 aromatic heterocycles. The van der Waals surface area contributed by atoms with Crippen molar-refractivity contribution in [2.75, 3.05) is 18.1 Å². The van der Waals surface area contributed by atoms with E-state index in [-0.39, 0.29) is 47.5 Å². The third-order valence-electron chi connectivity index (χ3n) is 6.36. The van der Waals surface area contributed by atoms with Crippen molar-refractivity contribution in [2.45, 2.75) is 51.1 Å². The molecule has 1 N–H and O–H groups in total. The van der Waals surface area contributed by atoms with Gasteiger partial charge in [-0.05, 0) is 62.6 Å². The highest BCUT2D eigenvalue weighted by Crippen LogP contribution is 2.40. The fourth-order valence-corrected chi connectivity index (χ4v) is 4.44. The first-order valence-corrected chi connectivity index (χ1v) is 12.3. The van der Waals surface area contributed by atoms with Gasteiger partial charge in [0, 0.05) is 23.5 Å². The van der Waals surface area contributed by atoms with Crippen molar-refractivity contribution in [2.24, 2.45) is 0 Å². The molecule has 2 aromatic carbocycles. The highest BCUT2D eigenvalue weighted by Gasteiger charge is 2.37. The minimum atomic E-state index is -4.55. The zero-order valence-electron chi connectivity index (χ0n) is 20.9. The first-order valence-electron chi connectivity index (χ1n) is 12.3. The molecule has 3 aromatic rings. The van der Waals surface area contributed by atoms with E-state index in [1.807, 2.05) is 0 Å². The normalized spacial score (nSPS) is 15.5. The van der Waals surface area contributed by atoms with E-state index in [9.17, 15) is 27.9 Å². The molecule has 0 radical (unpaired) electrons. The smallest absolute Gasteiger partial charge is 0.422 e. The van der Waals surface area contributed by atoms with Crippen molar-refractivity contribution in [3.05, 3.63) is 76.2 Å². The highest BCUT2D eigenvalue weighted by molar-refractivity contribution is 6.11. The Morgan fingerprint density at radius 1 is 0.947 bits per heavy atom. The molecule has 0 unspecified atom stereocenters. The van der Waals surface area contributed by atoms with Gasteiger partial charge in [-0.1, -0.05) is 18.2 Å². The second-order valence-electron chi connectivity index (χ2n) is 10.2. The summed E-state index contributed by atoms with van der Waals surface area (Å²) in [6.45, 7) is 1.92. The molecule has 1 aliphatic heterocycles. The second-order valence-corrected chi connectivity index (χ2v) is 10.2. The van der Waals surface area contributed by atoms with Gasteiger partial charge in [-0.3, -0.25) is 9.59 Å². The molecule has 0 saturated heterocycles. The van der Waals surface area contributed by atoms with Gasteiger partial charge in [0.25, 0.3) is 11.5 Å². The maximum Gasteiger partial charge on any atom is 0.422 e. The summed E-state index contributed by atoms with van der Waals surface area (Å²) >= 11 is 0. The number of benzene rings is 2.